The second kappa shape index (κ2) is 11.7. The molecule has 9 heteroatoms. The maximum Gasteiger partial charge on any atom is 0.387 e. The first-order chi connectivity index (χ1) is 13.1. The molecular weight excluding hydrogens is 363 g/mol. The lowest BCUT2D eigenvalue weighted by atomic mass is 10.2. The van der Waals surface area contributed by atoms with E-state index in [0.29, 0.717) is 25.7 Å². The van der Waals surface area contributed by atoms with Crippen molar-refractivity contribution in [3.63, 3.8) is 0 Å². The lowest BCUT2D eigenvalue weighted by molar-refractivity contribution is -0.0506. The molecule has 0 bridgehead atoms. The van der Waals surface area contributed by atoms with Gasteiger partial charge in [-0.1, -0.05) is 6.07 Å². The van der Waals surface area contributed by atoms with Crippen molar-refractivity contribution in [3.8, 4) is 5.75 Å². The van der Waals surface area contributed by atoms with Gasteiger partial charge in [-0.15, -0.1) is 0 Å². The van der Waals surface area contributed by atoms with Gasteiger partial charge in [-0.2, -0.15) is 8.78 Å². The number of halogens is 3. The topological polar surface area (TPSA) is 64.1 Å². The molecule has 1 aromatic carbocycles. The van der Waals surface area contributed by atoms with Crippen LogP contribution in [0.3, 0.4) is 0 Å². The quantitative estimate of drug-likeness (QED) is 0.366. The Bertz CT molecular complexity index is 596. The van der Waals surface area contributed by atoms with Crippen molar-refractivity contribution in [2.75, 3.05) is 33.4 Å². The molecule has 27 heavy (non-hydrogen) atoms. The van der Waals surface area contributed by atoms with E-state index in [1.54, 1.807) is 7.05 Å². The van der Waals surface area contributed by atoms with Gasteiger partial charge in [0.05, 0.1) is 12.7 Å². The van der Waals surface area contributed by atoms with Crippen LogP contribution in [0.25, 0.3) is 0 Å². The summed E-state index contributed by atoms with van der Waals surface area (Å²) in [5, 5.41) is 5.95. The molecule has 0 aliphatic carbocycles. The molecule has 152 valence electrons. The van der Waals surface area contributed by atoms with E-state index in [1.165, 1.54) is 18.2 Å². The van der Waals surface area contributed by atoms with E-state index in [9.17, 15) is 13.2 Å². The van der Waals surface area contributed by atoms with Crippen molar-refractivity contribution in [1.29, 1.82) is 0 Å². The van der Waals surface area contributed by atoms with E-state index in [0.717, 1.165) is 25.9 Å². The van der Waals surface area contributed by atoms with Crippen molar-refractivity contribution in [1.82, 2.24) is 10.6 Å². The fourth-order valence-electron chi connectivity index (χ4n) is 2.68. The van der Waals surface area contributed by atoms with Gasteiger partial charge in [0.2, 0.25) is 0 Å². The monoisotopic (exact) mass is 389 g/mol. The minimum absolute atomic E-state index is 0.0145. The Morgan fingerprint density at radius 1 is 1.37 bits per heavy atom. The molecule has 2 rings (SSSR count). The number of ether oxygens (including phenoxy) is 3. The highest BCUT2D eigenvalue weighted by Gasteiger charge is 2.15. The summed E-state index contributed by atoms with van der Waals surface area (Å²) in [6.45, 7) is -0.453. The van der Waals surface area contributed by atoms with E-state index >= 15 is 0 Å². The number of rotatable bonds is 10. The Morgan fingerprint density at radius 3 is 2.93 bits per heavy atom. The number of benzene rings is 1. The van der Waals surface area contributed by atoms with Gasteiger partial charge in [-0.25, -0.2) is 4.39 Å². The number of guanidine groups is 1. The van der Waals surface area contributed by atoms with Crippen LogP contribution in [0, 0.1) is 5.82 Å². The van der Waals surface area contributed by atoms with E-state index in [2.05, 4.69) is 20.4 Å². The third-order valence-corrected chi connectivity index (χ3v) is 4.03. The Labute approximate surface area is 157 Å². The van der Waals surface area contributed by atoms with E-state index in [4.69, 9.17) is 9.47 Å². The van der Waals surface area contributed by atoms with E-state index < -0.39 is 12.4 Å². The summed E-state index contributed by atoms with van der Waals surface area (Å²) in [5.74, 6) is -0.394. The van der Waals surface area contributed by atoms with Gasteiger partial charge >= 0.3 is 6.61 Å². The van der Waals surface area contributed by atoms with Crippen molar-refractivity contribution in [2.24, 2.45) is 4.99 Å². The van der Waals surface area contributed by atoms with Crippen molar-refractivity contribution in [3.05, 3.63) is 29.6 Å². The highest BCUT2D eigenvalue weighted by atomic mass is 19.3. The first kappa shape index (κ1) is 21.3. The zero-order chi connectivity index (χ0) is 19.5. The van der Waals surface area contributed by atoms with Gasteiger partial charge in [0.25, 0.3) is 0 Å². The maximum absolute atomic E-state index is 13.9. The van der Waals surface area contributed by atoms with Gasteiger partial charge in [0.15, 0.2) is 5.96 Å². The predicted molar refractivity (Wildman–Crippen MR) is 95.6 cm³/mol. The van der Waals surface area contributed by atoms with Crippen molar-refractivity contribution in [2.45, 2.75) is 38.5 Å². The summed E-state index contributed by atoms with van der Waals surface area (Å²) >= 11 is 0. The first-order valence-electron chi connectivity index (χ1n) is 8.96. The second-order valence-electron chi connectivity index (χ2n) is 6.01. The summed E-state index contributed by atoms with van der Waals surface area (Å²) in [4.78, 5) is 4.03. The molecule has 0 amide bonds. The summed E-state index contributed by atoms with van der Waals surface area (Å²) < 4.78 is 54.2. The third kappa shape index (κ3) is 7.64. The minimum atomic E-state index is -3.02. The summed E-state index contributed by atoms with van der Waals surface area (Å²) in [7, 11) is 1.57. The van der Waals surface area contributed by atoms with Gasteiger partial charge in [-0.05, 0) is 31.4 Å². The van der Waals surface area contributed by atoms with E-state index in [-0.39, 0.29) is 24.0 Å². The lowest BCUT2D eigenvalue weighted by Crippen LogP contribution is -2.38. The molecule has 1 unspecified atom stereocenters. The third-order valence-electron chi connectivity index (χ3n) is 4.03. The SMILES string of the molecule is CN=C(NCCCOCC1CCCO1)NCc1c(F)cccc1OC(F)F. The van der Waals surface area contributed by atoms with Crippen LogP contribution in [0.5, 0.6) is 5.75 Å². The first-order valence-corrected chi connectivity index (χ1v) is 8.96. The molecular formula is C18H26F3N3O3. The number of aliphatic imine (C=N–C) groups is 1. The Morgan fingerprint density at radius 2 is 2.22 bits per heavy atom. The molecule has 1 atom stereocenters. The molecule has 1 saturated heterocycles. The average Bonchev–Trinajstić information content (AvgIpc) is 3.15. The second-order valence-corrected chi connectivity index (χ2v) is 6.01. The van der Waals surface area contributed by atoms with Crippen LogP contribution in [-0.4, -0.2) is 52.1 Å². The fourth-order valence-corrected chi connectivity index (χ4v) is 2.68. The number of hydrogen-bond acceptors (Lipinski definition) is 4. The van der Waals surface area contributed by atoms with E-state index in [1.807, 2.05) is 0 Å². The van der Waals surface area contributed by atoms with Crippen LogP contribution in [-0.2, 0) is 16.0 Å². The molecule has 2 N–H and O–H groups in total. The van der Waals surface area contributed by atoms with Crippen LogP contribution in [0.4, 0.5) is 13.2 Å². The molecule has 1 aromatic rings. The van der Waals surface area contributed by atoms with Gasteiger partial charge in [0, 0.05) is 38.9 Å². The Hall–Kier alpha value is -2.00. The highest BCUT2D eigenvalue weighted by Crippen LogP contribution is 2.23. The number of nitrogens with zero attached hydrogens (tertiary/aromatic N) is 1. The molecule has 1 fully saturated rings. The molecule has 0 saturated carbocycles. The largest absolute Gasteiger partial charge is 0.434 e. The molecule has 6 nitrogen and oxygen atoms in total. The molecule has 1 heterocycles. The van der Waals surface area contributed by atoms with Crippen molar-refractivity contribution >= 4 is 5.96 Å². The average molecular weight is 389 g/mol. The Kier molecular flexibility index (Phi) is 9.20. The predicted octanol–water partition coefficient (Wildman–Crippen LogP) is 2.68. The molecule has 1 aliphatic rings. The zero-order valence-electron chi connectivity index (χ0n) is 15.3. The number of alkyl halides is 2. The standard InChI is InChI=1S/C18H26F3N3O3/c1-22-18(23-8-4-9-25-12-13-5-3-10-26-13)24-11-14-15(19)6-2-7-16(14)27-17(20)21/h2,6-7,13,17H,3-5,8-12H2,1H3,(H2,22,23,24). The van der Waals surface area contributed by atoms with Crippen LogP contribution in [0.15, 0.2) is 23.2 Å². The van der Waals surface area contributed by atoms with Crippen LogP contribution < -0.4 is 15.4 Å². The number of nitrogens with one attached hydrogen (secondary N) is 2. The summed E-state index contributed by atoms with van der Waals surface area (Å²) in [6.07, 6.45) is 3.09. The minimum Gasteiger partial charge on any atom is -0.434 e. The molecule has 0 spiro atoms. The maximum atomic E-state index is 13.9. The lowest BCUT2D eigenvalue weighted by Gasteiger charge is -2.15. The summed E-state index contributed by atoms with van der Waals surface area (Å²) in [5.41, 5.74) is 0.0145. The van der Waals surface area contributed by atoms with Crippen LogP contribution in [0.1, 0.15) is 24.8 Å². The van der Waals surface area contributed by atoms with Gasteiger partial charge < -0.3 is 24.8 Å². The van der Waals surface area contributed by atoms with Gasteiger partial charge in [-0.3, -0.25) is 4.99 Å². The van der Waals surface area contributed by atoms with Crippen LogP contribution in [0.2, 0.25) is 0 Å². The number of hydrogen-bond donors (Lipinski definition) is 2. The zero-order valence-corrected chi connectivity index (χ0v) is 15.3. The highest BCUT2D eigenvalue weighted by molar-refractivity contribution is 5.79. The fraction of sp³-hybridized carbons (Fsp3) is 0.611. The molecule has 0 radical (unpaired) electrons. The van der Waals surface area contributed by atoms with Crippen molar-refractivity contribution < 1.29 is 27.4 Å². The Balaban J connectivity index is 1.69. The summed E-state index contributed by atoms with van der Waals surface area (Å²) in [6, 6.07) is 3.81. The smallest absolute Gasteiger partial charge is 0.387 e. The van der Waals surface area contributed by atoms with Crippen LogP contribution >= 0.6 is 0 Å². The molecule has 1 aliphatic heterocycles. The molecule has 0 aromatic heterocycles. The normalized spacial score (nSPS) is 17.4. The van der Waals surface area contributed by atoms with Gasteiger partial charge in [0.1, 0.15) is 11.6 Å².